The lowest BCUT2D eigenvalue weighted by atomic mass is 10.0. The number of carboxylic acids is 1. The van der Waals surface area contributed by atoms with Crippen LogP contribution in [0.15, 0.2) is 18.2 Å². The fraction of sp³-hybridized carbons (Fsp3) is 0.364. The van der Waals surface area contributed by atoms with Gasteiger partial charge in [0.25, 0.3) is 11.4 Å². The number of aliphatic carboxylic acids is 1. The van der Waals surface area contributed by atoms with Crippen molar-refractivity contribution >= 4 is 23.0 Å². The molecule has 1 aromatic rings. The number of non-ortho nitro benzene ring substituents is 1. The van der Waals surface area contributed by atoms with Crippen LogP contribution in [0.2, 0.25) is 0 Å². The number of hydrogen-bond acceptors (Lipinski definition) is 7. The standard InChI is InChI=1S/C11H13N3O6/c1-6(2)10(11(15)16)12-8-4-3-7(13(17)18)5-9(8)14(19)20/h3-6,10,12H,1-2H3,(H,15,16)/p-1. The van der Waals surface area contributed by atoms with E-state index in [1.54, 1.807) is 13.8 Å². The molecule has 1 unspecified atom stereocenters. The van der Waals surface area contributed by atoms with Gasteiger partial charge in [-0.2, -0.15) is 0 Å². The fourth-order valence-electron chi connectivity index (χ4n) is 1.57. The molecule has 0 saturated carbocycles. The van der Waals surface area contributed by atoms with Crippen LogP contribution in [-0.4, -0.2) is 21.9 Å². The van der Waals surface area contributed by atoms with E-state index in [9.17, 15) is 30.1 Å². The number of nitro groups is 2. The van der Waals surface area contributed by atoms with Crippen molar-refractivity contribution in [2.24, 2.45) is 5.92 Å². The predicted molar refractivity (Wildman–Crippen MR) is 67.0 cm³/mol. The van der Waals surface area contributed by atoms with Crippen molar-refractivity contribution in [3.63, 3.8) is 0 Å². The van der Waals surface area contributed by atoms with Gasteiger partial charge in [-0.05, 0) is 12.0 Å². The van der Waals surface area contributed by atoms with Crippen LogP contribution in [0.3, 0.4) is 0 Å². The molecule has 108 valence electrons. The van der Waals surface area contributed by atoms with Crippen LogP contribution < -0.4 is 10.4 Å². The molecular weight excluding hydrogens is 270 g/mol. The van der Waals surface area contributed by atoms with Gasteiger partial charge >= 0.3 is 0 Å². The van der Waals surface area contributed by atoms with E-state index in [1.807, 2.05) is 0 Å². The van der Waals surface area contributed by atoms with E-state index in [-0.39, 0.29) is 11.6 Å². The number of carbonyl (C=O) groups is 1. The van der Waals surface area contributed by atoms with Crippen molar-refractivity contribution in [2.75, 3.05) is 5.32 Å². The Morgan fingerprint density at radius 1 is 1.20 bits per heavy atom. The summed E-state index contributed by atoms with van der Waals surface area (Å²) in [4.78, 5) is 30.8. The molecule has 0 radical (unpaired) electrons. The van der Waals surface area contributed by atoms with E-state index in [1.165, 1.54) is 0 Å². The molecule has 0 bridgehead atoms. The number of nitrogens with zero attached hydrogens (tertiary/aromatic N) is 2. The summed E-state index contributed by atoms with van der Waals surface area (Å²) in [5.74, 6) is -1.79. The highest BCUT2D eigenvalue weighted by molar-refractivity contribution is 5.78. The highest BCUT2D eigenvalue weighted by atomic mass is 16.6. The molecule has 1 aromatic carbocycles. The summed E-state index contributed by atoms with van der Waals surface area (Å²) in [7, 11) is 0. The average Bonchev–Trinajstić information content (AvgIpc) is 2.34. The molecule has 0 aliphatic rings. The van der Waals surface area contributed by atoms with Gasteiger partial charge in [0.1, 0.15) is 5.69 Å². The second kappa shape index (κ2) is 5.95. The molecule has 0 aliphatic carbocycles. The van der Waals surface area contributed by atoms with Crippen LogP contribution in [0.5, 0.6) is 0 Å². The lowest BCUT2D eigenvalue weighted by molar-refractivity contribution is -0.393. The van der Waals surface area contributed by atoms with Gasteiger partial charge < -0.3 is 15.2 Å². The summed E-state index contributed by atoms with van der Waals surface area (Å²) in [6.07, 6.45) is 0. The summed E-state index contributed by atoms with van der Waals surface area (Å²) < 4.78 is 0. The monoisotopic (exact) mass is 282 g/mol. The average molecular weight is 282 g/mol. The molecular formula is C11H12N3O6-. The Bertz CT molecular complexity index is 557. The van der Waals surface area contributed by atoms with Gasteiger partial charge in [0.15, 0.2) is 0 Å². The van der Waals surface area contributed by atoms with E-state index < -0.39 is 33.2 Å². The smallest absolute Gasteiger partial charge is 0.299 e. The molecule has 0 aliphatic heterocycles. The lowest BCUT2D eigenvalue weighted by Gasteiger charge is -2.24. The Kier molecular flexibility index (Phi) is 4.57. The molecule has 0 spiro atoms. The molecule has 0 saturated heterocycles. The van der Waals surface area contributed by atoms with Crippen LogP contribution in [-0.2, 0) is 4.79 Å². The maximum Gasteiger partial charge on any atom is 0.299 e. The normalized spacial score (nSPS) is 11.9. The zero-order valence-corrected chi connectivity index (χ0v) is 10.7. The maximum atomic E-state index is 10.9. The Morgan fingerprint density at radius 3 is 2.20 bits per heavy atom. The van der Waals surface area contributed by atoms with Crippen LogP contribution in [0.4, 0.5) is 17.1 Å². The van der Waals surface area contributed by atoms with Crippen molar-refractivity contribution in [1.82, 2.24) is 0 Å². The van der Waals surface area contributed by atoms with Gasteiger partial charge in [-0.1, -0.05) is 13.8 Å². The molecule has 20 heavy (non-hydrogen) atoms. The third-order valence-corrected chi connectivity index (χ3v) is 2.62. The number of carbonyl (C=O) groups excluding carboxylic acids is 1. The third-order valence-electron chi connectivity index (χ3n) is 2.62. The fourth-order valence-corrected chi connectivity index (χ4v) is 1.57. The molecule has 1 atom stereocenters. The molecule has 0 aromatic heterocycles. The molecule has 1 rings (SSSR count). The number of hydrogen-bond donors (Lipinski definition) is 1. The second-order valence-corrected chi connectivity index (χ2v) is 4.40. The molecule has 0 fully saturated rings. The van der Waals surface area contributed by atoms with Crippen LogP contribution in [0.25, 0.3) is 0 Å². The molecule has 9 nitrogen and oxygen atoms in total. The van der Waals surface area contributed by atoms with Crippen molar-refractivity contribution in [2.45, 2.75) is 19.9 Å². The number of benzene rings is 1. The SMILES string of the molecule is CC(C)C(Nc1ccc([N+](=O)[O-])cc1[N+](=O)[O-])C(=O)[O-]. The van der Waals surface area contributed by atoms with Crippen molar-refractivity contribution in [3.8, 4) is 0 Å². The first-order chi connectivity index (χ1) is 9.23. The molecule has 1 N–H and O–H groups in total. The Morgan fingerprint density at radius 2 is 1.80 bits per heavy atom. The van der Waals surface area contributed by atoms with E-state index in [0.717, 1.165) is 18.2 Å². The van der Waals surface area contributed by atoms with Gasteiger partial charge in [-0.3, -0.25) is 20.2 Å². The zero-order valence-electron chi connectivity index (χ0n) is 10.7. The number of carboxylic acid groups (broad SMARTS) is 1. The lowest BCUT2D eigenvalue weighted by Crippen LogP contribution is -2.44. The minimum absolute atomic E-state index is 0.108. The van der Waals surface area contributed by atoms with E-state index in [2.05, 4.69) is 5.32 Å². The van der Waals surface area contributed by atoms with Gasteiger partial charge in [0.2, 0.25) is 0 Å². The van der Waals surface area contributed by atoms with Crippen LogP contribution in [0, 0.1) is 26.1 Å². The van der Waals surface area contributed by atoms with Gasteiger partial charge in [0, 0.05) is 6.07 Å². The first-order valence-corrected chi connectivity index (χ1v) is 5.64. The highest BCUT2D eigenvalue weighted by Crippen LogP contribution is 2.30. The van der Waals surface area contributed by atoms with Crippen LogP contribution in [0.1, 0.15) is 13.8 Å². The Labute approximate surface area is 113 Å². The topological polar surface area (TPSA) is 138 Å². The van der Waals surface area contributed by atoms with Crippen LogP contribution >= 0.6 is 0 Å². The highest BCUT2D eigenvalue weighted by Gasteiger charge is 2.23. The Hall–Kier alpha value is -2.71. The first kappa shape index (κ1) is 15.3. The van der Waals surface area contributed by atoms with Crippen molar-refractivity contribution < 1.29 is 19.7 Å². The van der Waals surface area contributed by atoms with E-state index in [0.29, 0.717) is 0 Å². The van der Waals surface area contributed by atoms with Gasteiger partial charge in [0.05, 0.1) is 27.9 Å². The molecule has 0 amide bonds. The summed E-state index contributed by atoms with van der Waals surface area (Å²) in [6, 6.07) is 1.79. The number of nitro benzene ring substituents is 2. The summed E-state index contributed by atoms with van der Waals surface area (Å²) in [6.45, 7) is 3.20. The number of anilines is 1. The molecule has 0 heterocycles. The predicted octanol–water partition coefficient (Wildman–Crippen LogP) is 0.689. The first-order valence-electron chi connectivity index (χ1n) is 5.64. The van der Waals surface area contributed by atoms with Crippen molar-refractivity contribution in [1.29, 1.82) is 0 Å². The summed E-state index contributed by atoms with van der Waals surface area (Å²) >= 11 is 0. The number of nitrogens with one attached hydrogen (secondary N) is 1. The summed E-state index contributed by atoms with van der Waals surface area (Å²) in [5, 5.41) is 34.9. The van der Waals surface area contributed by atoms with Gasteiger partial charge in [-0.15, -0.1) is 0 Å². The van der Waals surface area contributed by atoms with Crippen molar-refractivity contribution in [3.05, 3.63) is 38.4 Å². The largest absolute Gasteiger partial charge is 0.548 e. The Balaban J connectivity index is 3.20. The third kappa shape index (κ3) is 3.40. The van der Waals surface area contributed by atoms with E-state index >= 15 is 0 Å². The number of rotatable bonds is 6. The van der Waals surface area contributed by atoms with Gasteiger partial charge in [-0.25, -0.2) is 0 Å². The quantitative estimate of drug-likeness (QED) is 0.598. The summed E-state index contributed by atoms with van der Waals surface area (Å²) in [5.41, 5.74) is -1.12. The van der Waals surface area contributed by atoms with E-state index in [4.69, 9.17) is 0 Å². The minimum atomic E-state index is -1.41. The molecule has 9 heteroatoms. The second-order valence-electron chi connectivity index (χ2n) is 4.40. The minimum Gasteiger partial charge on any atom is -0.548 e. The zero-order chi connectivity index (χ0) is 15.4. The maximum absolute atomic E-state index is 10.9.